The van der Waals surface area contributed by atoms with E-state index in [4.69, 9.17) is 0 Å². The highest BCUT2D eigenvalue weighted by molar-refractivity contribution is 5.95. The van der Waals surface area contributed by atoms with Crippen molar-refractivity contribution in [1.82, 2.24) is 14.7 Å². The van der Waals surface area contributed by atoms with E-state index >= 15 is 0 Å². The molecule has 6 nitrogen and oxygen atoms in total. The number of alkyl halides is 3. The van der Waals surface area contributed by atoms with E-state index in [9.17, 15) is 31.9 Å². The molecule has 0 bridgehead atoms. The lowest BCUT2D eigenvalue weighted by atomic mass is 10.0. The smallest absolute Gasteiger partial charge is 0.381 e. The number of aromatic nitrogens is 2. The number of aryl methyl sites for hydroxylation is 1. The van der Waals surface area contributed by atoms with E-state index in [0.717, 1.165) is 11.0 Å². The molecule has 39 heavy (non-hydrogen) atoms. The van der Waals surface area contributed by atoms with Crippen molar-refractivity contribution in [3.05, 3.63) is 89.6 Å². The maximum absolute atomic E-state index is 14.3. The molecule has 1 heterocycles. The van der Waals surface area contributed by atoms with Gasteiger partial charge >= 0.3 is 6.18 Å². The standard InChI is InChI=1S/C28H27F5N4O2/c1-3-12-36(26(38)21-6-4-5-7-23(21)30)17-27(39,28(31,32)33)16-34-24-13-18(2)14-25-22(24)15-35-37(25)20-10-8-19(29)9-11-20/h4-11,13-15,34,39H,3,12,16-17H2,1-2H3. The van der Waals surface area contributed by atoms with Crippen molar-refractivity contribution in [3.8, 4) is 5.69 Å². The molecule has 11 heteroatoms. The molecule has 0 saturated carbocycles. The second-order valence-corrected chi connectivity index (χ2v) is 9.37. The molecule has 4 rings (SSSR count). The second-order valence-electron chi connectivity index (χ2n) is 9.37. The fourth-order valence-corrected chi connectivity index (χ4v) is 4.33. The van der Waals surface area contributed by atoms with Crippen LogP contribution in [0, 0.1) is 18.6 Å². The number of hydrogen-bond donors (Lipinski definition) is 2. The molecule has 0 spiro atoms. The van der Waals surface area contributed by atoms with Crippen LogP contribution >= 0.6 is 0 Å². The predicted octanol–water partition coefficient (Wildman–Crippen LogP) is 5.87. The van der Waals surface area contributed by atoms with Gasteiger partial charge < -0.3 is 15.3 Å². The number of carbonyl (C=O) groups excluding carboxylic acids is 1. The van der Waals surface area contributed by atoms with Crippen molar-refractivity contribution in [2.45, 2.75) is 32.0 Å². The molecule has 1 atom stereocenters. The van der Waals surface area contributed by atoms with Gasteiger partial charge in [-0.3, -0.25) is 4.79 Å². The van der Waals surface area contributed by atoms with E-state index in [2.05, 4.69) is 10.4 Å². The number of halogens is 5. The minimum absolute atomic E-state index is 0.120. The molecule has 4 aromatic rings. The van der Waals surface area contributed by atoms with Crippen LogP contribution < -0.4 is 5.32 Å². The number of aliphatic hydroxyl groups is 1. The van der Waals surface area contributed by atoms with Crippen LogP contribution in [0.5, 0.6) is 0 Å². The molecule has 1 aromatic heterocycles. The van der Waals surface area contributed by atoms with E-state index < -0.39 is 42.4 Å². The van der Waals surface area contributed by atoms with E-state index in [1.807, 2.05) is 0 Å². The Hall–Kier alpha value is -3.99. The highest BCUT2D eigenvalue weighted by Crippen LogP contribution is 2.34. The number of nitrogens with one attached hydrogen (secondary N) is 1. The van der Waals surface area contributed by atoms with E-state index in [1.165, 1.54) is 53.3 Å². The van der Waals surface area contributed by atoms with Crippen LogP contribution in [0.1, 0.15) is 29.3 Å². The number of carbonyl (C=O) groups is 1. The van der Waals surface area contributed by atoms with Crippen LogP contribution in [-0.2, 0) is 0 Å². The molecule has 0 radical (unpaired) electrons. The Kier molecular flexibility index (Phi) is 7.91. The van der Waals surface area contributed by atoms with Gasteiger partial charge in [0.15, 0.2) is 5.60 Å². The summed E-state index contributed by atoms with van der Waals surface area (Å²) >= 11 is 0. The quantitative estimate of drug-likeness (QED) is 0.258. The summed E-state index contributed by atoms with van der Waals surface area (Å²) in [6.07, 6.45) is -3.37. The van der Waals surface area contributed by atoms with Gasteiger partial charge in [-0.15, -0.1) is 0 Å². The first-order chi connectivity index (χ1) is 18.4. The van der Waals surface area contributed by atoms with Gasteiger partial charge in [0, 0.05) is 17.6 Å². The Balaban J connectivity index is 1.64. The van der Waals surface area contributed by atoms with Crippen molar-refractivity contribution in [2.75, 3.05) is 25.0 Å². The first-order valence-corrected chi connectivity index (χ1v) is 12.2. The predicted molar refractivity (Wildman–Crippen MR) is 138 cm³/mol. The Labute approximate surface area is 221 Å². The number of rotatable bonds is 9. The first kappa shape index (κ1) is 28.0. The third-order valence-electron chi connectivity index (χ3n) is 6.34. The number of amides is 1. The third-order valence-corrected chi connectivity index (χ3v) is 6.34. The van der Waals surface area contributed by atoms with Crippen molar-refractivity contribution in [1.29, 1.82) is 0 Å². The second kappa shape index (κ2) is 11.0. The van der Waals surface area contributed by atoms with Crippen LogP contribution in [0.3, 0.4) is 0 Å². The third kappa shape index (κ3) is 5.88. The van der Waals surface area contributed by atoms with Crippen LogP contribution in [0.4, 0.5) is 27.6 Å². The zero-order valence-electron chi connectivity index (χ0n) is 21.3. The van der Waals surface area contributed by atoms with Gasteiger partial charge in [-0.1, -0.05) is 19.1 Å². The van der Waals surface area contributed by atoms with Crippen LogP contribution in [0.25, 0.3) is 16.6 Å². The lowest BCUT2D eigenvalue weighted by molar-refractivity contribution is -0.257. The first-order valence-electron chi connectivity index (χ1n) is 12.2. The molecule has 0 saturated heterocycles. The van der Waals surface area contributed by atoms with Crippen molar-refractivity contribution in [3.63, 3.8) is 0 Å². The Bertz CT molecular complexity index is 1470. The lowest BCUT2D eigenvalue weighted by Crippen LogP contribution is -2.58. The maximum atomic E-state index is 14.3. The van der Waals surface area contributed by atoms with Gasteiger partial charge in [0.1, 0.15) is 11.6 Å². The minimum Gasteiger partial charge on any atom is -0.381 e. The van der Waals surface area contributed by atoms with Crippen LogP contribution in [-0.4, -0.2) is 57.1 Å². The summed E-state index contributed by atoms with van der Waals surface area (Å²) < 4.78 is 71.9. The lowest BCUT2D eigenvalue weighted by Gasteiger charge is -2.36. The average Bonchev–Trinajstić information content (AvgIpc) is 3.30. The molecule has 0 fully saturated rings. The monoisotopic (exact) mass is 546 g/mol. The van der Waals surface area contributed by atoms with Gasteiger partial charge in [-0.2, -0.15) is 18.3 Å². The zero-order chi connectivity index (χ0) is 28.4. The summed E-state index contributed by atoms with van der Waals surface area (Å²) in [5.74, 6) is -2.24. The average molecular weight is 547 g/mol. The number of fused-ring (bicyclic) bond motifs is 1. The Morgan fingerprint density at radius 2 is 1.77 bits per heavy atom. The van der Waals surface area contributed by atoms with Gasteiger partial charge in [-0.25, -0.2) is 13.5 Å². The van der Waals surface area contributed by atoms with Crippen LogP contribution in [0.2, 0.25) is 0 Å². The summed E-state index contributed by atoms with van der Waals surface area (Å²) in [6.45, 7) is 1.20. The highest BCUT2D eigenvalue weighted by atomic mass is 19.4. The number of benzene rings is 3. The maximum Gasteiger partial charge on any atom is 0.420 e. The van der Waals surface area contributed by atoms with Crippen molar-refractivity contribution >= 4 is 22.5 Å². The van der Waals surface area contributed by atoms with Gasteiger partial charge in [0.2, 0.25) is 0 Å². The highest BCUT2D eigenvalue weighted by Gasteiger charge is 2.55. The molecule has 3 aromatic carbocycles. The number of nitrogens with zero attached hydrogens (tertiary/aromatic N) is 3. The summed E-state index contributed by atoms with van der Waals surface area (Å²) in [6, 6.07) is 14.0. The van der Waals surface area contributed by atoms with E-state index in [1.54, 1.807) is 26.0 Å². The number of anilines is 1. The molecule has 1 unspecified atom stereocenters. The van der Waals surface area contributed by atoms with Crippen LogP contribution in [0.15, 0.2) is 66.9 Å². The summed E-state index contributed by atoms with van der Waals surface area (Å²) in [5, 5.41) is 18.4. The fourth-order valence-electron chi connectivity index (χ4n) is 4.33. The molecule has 2 N–H and O–H groups in total. The molecule has 206 valence electrons. The summed E-state index contributed by atoms with van der Waals surface area (Å²) in [4.78, 5) is 13.8. The van der Waals surface area contributed by atoms with Gasteiger partial charge in [-0.05, 0) is 67.4 Å². The van der Waals surface area contributed by atoms with Crippen molar-refractivity contribution < 1.29 is 31.9 Å². The van der Waals surface area contributed by atoms with E-state index in [-0.39, 0.29) is 17.8 Å². The zero-order valence-corrected chi connectivity index (χ0v) is 21.3. The fraction of sp³-hybridized carbons (Fsp3) is 0.286. The van der Waals surface area contributed by atoms with Crippen molar-refractivity contribution in [2.24, 2.45) is 0 Å². The summed E-state index contributed by atoms with van der Waals surface area (Å²) in [5.41, 5.74) is -1.64. The number of hydrogen-bond acceptors (Lipinski definition) is 4. The molecule has 0 aliphatic carbocycles. The topological polar surface area (TPSA) is 70.4 Å². The molecule has 0 aliphatic rings. The minimum atomic E-state index is -5.12. The normalized spacial score (nSPS) is 13.3. The van der Waals surface area contributed by atoms with E-state index in [0.29, 0.717) is 28.6 Å². The largest absolute Gasteiger partial charge is 0.420 e. The van der Waals surface area contributed by atoms with Gasteiger partial charge in [0.05, 0.1) is 36.1 Å². The Morgan fingerprint density at radius 3 is 2.41 bits per heavy atom. The van der Waals surface area contributed by atoms with Gasteiger partial charge in [0.25, 0.3) is 5.91 Å². The Morgan fingerprint density at radius 1 is 1.08 bits per heavy atom. The molecule has 0 aliphatic heterocycles. The molecular formula is C28H27F5N4O2. The summed E-state index contributed by atoms with van der Waals surface area (Å²) in [7, 11) is 0. The molecular weight excluding hydrogens is 519 g/mol. The SMILES string of the molecule is CCCN(CC(O)(CNc1cc(C)cc2c1cnn2-c1ccc(F)cc1)C(F)(F)F)C(=O)c1ccccc1F. The molecule has 1 amide bonds.